The standard InChI is InChI=1S/C13H15Cl2NO3/c1-7(2)10(13(18)19)6-16-12(17)9-4-3-8(14)5-11(9)15/h3-5,7,10H,6H2,1-2H3,(H,16,17)(H,18,19). The highest BCUT2D eigenvalue weighted by Gasteiger charge is 2.22. The number of carboxylic acids is 1. The zero-order valence-corrected chi connectivity index (χ0v) is 12.1. The van der Waals surface area contributed by atoms with Crippen LogP contribution in [0.3, 0.4) is 0 Å². The molecule has 1 rings (SSSR count). The molecule has 1 amide bonds. The van der Waals surface area contributed by atoms with Crippen LogP contribution in [0.15, 0.2) is 18.2 Å². The highest BCUT2D eigenvalue weighted by Crippen LogP contribution is 2.21. The van der Waals surface area contributed by atoms with Gasteiger partial charge in [0.1, 0.15) is 0 Å². The van der Waals surface area contributed by atoms with Gasteiger partial charge in [0.05, 0.1) is 16.5 Å². The second-order valence-electron chi connectivity index (χ2n) is 4.52. The number of nitrogens with one attached hydrogen (secondary N) is 1. The van der Waals surface area contributed by atoms with Crippen molar-refractivity contribution in [2.75, 3.05) is 6.54 Å². The van der Waals surface area contributed by atoms with Crippen molar-refractivity contribution < 1.29 is 14.7 Å². The van der Waals surface area contributed by atoms with Crippen molar-refractivity contribution in [1.82, 2.24) is 5.32 Å². The third kappa shape index (κ3) is 4.40. The maximum Gasteiger partial charge on any atom is 0.308 e. The summed E-state index contributed by atoms with van der Waals surface area (Å²) in [6.45, 7) is 3.64. The second kappa shape index (κ2) is 6.78. The molecule has 0 aliphatic rings. The lowest BCUT2D eigenvalue weighted by atomic mass is 9.96. The molecule has 0 saturated heterocycles. The van der Waals surface area contributed by atoms with E-state index in [1.807, 2.05) is 0 Å². The largest absolute Gasteiger partial charge is 0.481 e. The molecule has 0 bridgehead atoms. The molecule has 1 aromatic carbocycles. The van der Waals surface area contributed by atoms with Gasteiger partial charge in [0.2, 0.25) is 0 Å². The number of benzene rings is 1. The van der Waals surface area contributed by atoms with Gasteiger partial charge < -0.3 is 10.4 Å². The topological polar surface area (TPSA) is 66.4 Å². The molecule has 6 heteroatoms. The molecule has 0 aromatic heterocycles. The molecule has 4 nitrogen and oxygen atoms in total. The number of hydrogen-bond donors (Lipinski definition) is 2. The molecular formula is C13H15Cl2NO3. The smallest absolute Gasteiger partial charge is 0.308 e. The average molecular weight is 304 g/mol. The highest BCUT2D eigenvalue weighted by atomic mass is 35.5. The lowest BCUT2D eigenvalue weighted by Gasteiger charge is -2.17. The number of carbonyl (C=O) groups is 2. The van der Waals surface area contributed by atoms with Crippen LogP contribution in [0, 0.1) is 11.8 Å². The van der Waals surface area contributed by atoms with Crippen LogP contribution in [-0.4, -0.2) is 23.5 Å². The van der Waals surface area contributed by atoms with E-state index in [2.05, 4.69) is 5.32 Å². The van der Waals surface area contributed by atoms with E-state index < -0.39 is 17.8 Å². The predicted molar refractivity (Wildman–Crippen MR) is 74.8 cm³/mol. The van der Waals surface area contributed by atoms with Gasteiger partial charge in [-0.1, -0.05) is 37.0 Å². The summed E-state index contributed by atoms with van der Waals surface area (Å²) in [5.41, 5.74) is 0.277. The lowest BCUT2D eigenvalue weighted by molar-refractivity contribution is -0.142. The molecule has 0 spiro atoms. The summed E-state index contributed by atoms with van der Waals surface area (Å²) in [7, 11) is 0. The first-order valence-corrected chi connectivity index (χ1v) is 6.54. The summed E-state index contributed by atoms with van der Waals surface area (Å²) in [5.74, 6) is -2.04. The van der Waals surface area contributed by atoms with E-state index in [0.29, 0.717) is 5.02 Å². The van der Waals surface area contributed by atoms with E-state index in [-0.39, 0.29) is 23.0 Å². The molecule has 1 unspecified atom stereocenters. The first kappa shape index (κ1) is 15.8. The Morgan fingerprint density at radius 3 is 2.42 bits per heavy atom. The molecule has 0 aliphatic carbocycles. The van der Waals surface area contributed by atoms with Gasteiger partial charge in [-0.25, -0.2) is 0 Å². The normalized spacial score (nSPS) is 12.3. The zero-order chi connectivity index (χ0) is 14.6. The number of carbonyl (C=O) groups excluding carboxylic acids is 1. The first-order valence-electron chi connectivity index (χ1n) is 5.79. The second-order valence-corrected chi connectivity index (χ2v) is 5.37. The van der Waals surface area contributed by atoms with Gasteiger partial charge >= 0.3 is 5.97 Å². The Bertz CT molecular complexity index is 489. The Hall–Kier alpha value is -1.26. The van der Waals surface area contributed by atoms with Crippen molar-refractivity contribution in [3.8, 4) is 0 Å². The van der Waals surface area contributed by atoms with E-state index in [0.717, 1.165) is 0 Å². The summed E-state index contributed by atoms with van der Waals surface area (Å²) in [6.07, 6.45) is 0. The van der Waals surface area contributed by atoms with Gasteiger partial charge in [0.25, 0.3) is 5.91 Å². The van der Waals surface area contributed by atoms with Gasteiger partial charge in [-0.3, -0.25) is 9.59 Å². The summed E-state index contributed by atoms with van der Waals surface area (Å²) in [4.78, 5) is 22.9. The van der Waals surface area contributed by atoms with Gasteiger partial charge in [0, 0.05) is 11.6 Å². The fourth-order valence-corrected chi connectivity index (χ4v) is 2.07. The number of carboxylic acid groups (broad SMARTS) is 1. The van der Waals surface area contributed by atoms with E-state index in [1.165, 1.54) is 12.1 Å². The number of halogens is 2. The Morgan fingerprint density at radius 1 is 1.32 bits per heavy atom. The third-order valence-corrected chi connectivity index (χ3v) is 3.33. The first-order chi connectivity index (χ1) is 8.82. The fraction of sp³-hybridized carbons (Fsp3) is 0.385. The van der Waals surface area contributed by atoms with Crippen LogP contribution >= 0.6 is 23.2 Å². The summed E-state index contributed by atoms with van der Waals surface area (Å²) >= 11 is 11.6. The Balaban J connectivity index is 2.72. The van der Waals surface area contributed by atoms with Gasteiger partial charge in [-0.05, 0) is 24.1 Å². The summed E-state index contributed by atoms with van der Waals surface area (Å²) in [6, 6.07) is 4.53. The number of aliphatic carboxylic acids is 1. The lowest BCUT2D eigenvalue weighted by Crippen LogP contribution is -2.35. The molecule has 104 valence electrons. The monoisotopic (exact) mass is 303 g/mol. The molecule has 0 fully saturated rings. The van der Waals surface area contributed by atoms with Gasteiger partial charge in [-0.15, -0.1) is 0 Å². The molecule has 0 heterocycles. The van der Waals surface area contributed by atoms with Crippen LogP contribution in [0.25, 0.3) is 0 Å². The van der Waals surface area contributed by atoms with Crippen molar-refractivity contribution in [1.29, 1.82) is 0 Å². The Labute approximate surface area is 121 Å². The predicted octanol–water partition coefficient (Wildman–Crippen LogP) is 3.08. The van der Waals surface area contributed by atoms with Crippen molar-refractivity contribution in [3.05, 3.63) is 33.8 Å². The van der Waals surface area contributed by atoms with Gasteiger partial charge in [0.15, 0.2) is 0 Å². The molecular weight excluding hydrogens is 289 g/mol. The van der Waals surface area contributed by atoms with Crippen LogP contribution in [0.4, 0.5) is 0 Å². The van der Waals surface area contributed by atoms with Crippen LogP contribution in [-0.2, 0) is 4.79 Å². The Kier molecular flexibility index (Phi) is 5.63. The minimum atomic E-state index is -0.933. The van der Waals surface area contributed by atoms with Gasteiger partial charge in [-0.2, -0.15) is 0 Å². The van der Waals surface area contributed by atoms with E-state index >= 15 is 0 Å². The summed E-state index contributed by atoms with van der Waals surface area (Å²) in [5, 5.41) is 12.3. The molecule has 2 N–H and O–H groups in total. The third-order valence-electron chi connectivity index (χ3n) is 2.78. The van der Waals surface area contributed by atoms with Crippen molar-refractivity contribution in [2.24, 2.45) is 11.8 Å². The average Bonchev–Trinajstić information content (AvgIpc) is 2.27. The van der Waals surface area contributed by atoms with Crippen LogP contribution < -0.4 is 5.32 Å². The highest BCUT2D eigenvalue weighted by molar-refractivity contribution is 6.36. The van der Waals surface area contributed by atoms with Crippen molar-refractivity contribution >= 4 is 35.1 Å². The molecule has 0 radical (unpaired) electrons. The maximum atomic E-state index is 11.9. The Morgan fingerprint density at radius 2 is 1.95 bits per heavy atom. The quantitative estimate of drug-likeness (QED) is 0.878. The number of rotatable bonds is 5. The molecule has 19 heavy (non-hydrogen) atoms. The van der Waals surface area contributed by atoms with E-state index in [1.54, 1.807) is 19.9 Å². The zero-order valence-electron chi connectivity index (χ0n) is 10.6. The molecule has 0 aliphatic heterocycles. The number of hydrogen-bond acceptors (Lipinski definition) is 2. The minimum Gasteiger partial charge on any atom is -0.481 e. The number of amides is 1. The van der Waals surface area contributed by atoms with Crippen LogP contribution in [0.2, 0.25) is 10.0 Å². The van der Waals surface area contributed by atoms with Crippen molar-refractivity contribution in [2.45, 2.75) is 13.8 Å². The molecule has 1 aromatic rings. The summed E-state index contributed by atoms with van der Waals surface area (Å²) < 4.78 is 0. The van der Waals surface area contributed by atoms with E-state index in [4.69, 9.17) is 28.3 Å². The van der Waals surface area contributed by atoms with Crippen LogP contribution in [0.5, 0.6) is 0 Å². The maximum absolute atomic E-state index is 11.9. The molecule has 1 atom stereocenters. The molecule has 0 saturated carbocycles. The van der Waals surface area contributed by atoms with Crippen molar-refractivity contribution in [3.63, 3.8) is 0 Å². The van der Waals surface area contributed by atoms with Crippen LogP contribution in [0.1, 0.15) is 24.2 Å². The minimum absolute atomic E-state index is 0.0603. The van der Waals surface area contributed by atoms with E-state index in [9.17, 15) is 9.59 Å². The fourth-order valence-electron chi connectivity index (χ4n) is 1.58. The SMILES string of the molecule is CC(C)C(CNC(=O)c1ccc(Cl)cc1Cl)C(=O)O.